The van der Waals surface area contributed by atoms with Crippen LogP contribution in [0.4, 0.5) is 11.4 Å². The standard InChI is InChI=1S/C15H18N4O4S/c16-8-9-18(11-12-4-2-1-3-5-12)14-7-6-13(24(17,22)23)10-15(14)19(20)21/h1-7,10H,8-9,11,16H2,(H2,17,22,23). The number of benzene rings is 2. The third-order valence-corrected chi connectivity index (χ3v) is 4.34. The highest BCUT2D eigenvalue weighted by atomic mass is 32.2. The van der Waals surface area contributed by atoms with Crippen molar-refractivity contribution in [2.75, 3.05) is 18.0 Å². The molecule has 0 amide bonds. The Hall–Kier alpha value is -2.49. The van der Waals surface area contributed by atoms with Gasteiger partial charge in [0.15, 0.2) is 0 Å². The lowest BCUT2D eigenvalue weighted by Gasteiger charge is -2.24. The van der Waals surface area contributed by atoms with Crippen molar-refractivity contribution < 1.29 is 13.3 Å². The van der Waals surface area contributed by atoms with Gasteiger partial charge >= 0.3 is 0 Å². The minimum atomic E-state index is -4.02. The largest absolute Gasteiger partial charge is 0.360 e. The zero-order valence-electron chi connectivity index (χ0n) is 12.8. The van der Waals surface area contributed by atoms with Crippen molar-refractivity contribution >= 4 is 21.4 Å². The van der Waals surface area contributed by atoms with Crippen molar-refractivity contribution in [1.82, 2.24) is 0 Å². The molecule has 128 valence electrons. The monoisotopic (exact) mass is 350 g/mol. The summed E-state index contributed by atoms with van der Waals surface area (Å²) in [6, 6.07) is 13.0. The van der Waals surface area contributed by atoms with E-state index < -0.39 is 14.9 Å². The summed E-state index contributed by atoms with van der Waals surface area (Å²) in [6.45, 7) is 1.08. The second kappa shape index (κ2) is 7.39. The maximum Gasteiger partial charge on any atom is 0.293 e. The normalized spacial score (nSPS) is 11.2. The van der Waals surface area contributed by atoms with Crippen LogP contribution >= 0.6 is 0 Å². The first-order chi connectivity index (χ1) is 11.3. The molecule has 2 aromatic rings. The smallest absolute Gasteiger partial charge is 0.293 e. The van der Waals surface area contributed by atoms with Gasteiger partial charge in [-0.3, -0.25) is 10.1 Å². The topological polar surface area (TPSA) is 133 Å². The average molecular weight is 350 g/mol. The predicted octanol–water partition coefficient (Wildman–Crippen LogP) is 1.21. The highest BCUT2D eigenvalue weighted by molar-refractivity contribution is 7.89. The minimum Gasteiger partial charge on any atom is -0.360 e. The Kier molecular flexibility index (Phi) is 5.50. The lowest BCUT2D eigenvalue weighted by Crippen LogP contribution is -2.29. The highest BCUT2D eigenvalue weighted by Gasteiger charge is 2.22. The Balaban J connectivity index is 2.47. The van der Waals surface area contributed by atoms with E-state index in [2.05, 4.69) is 0 Å². The molecular weight excluding hydrogens is 332 g/mol. The Morgan fingerprint density at radius 2 is 1.79 bits per heavy atom. The average Bonchev–Trinajstić information content (AvgIpc) is 2.54. The first-order valence-corrected chi connectivity index (χ1v) is 8.67. The predicted molar refractivity (Wildman–Crippen MR) is 91.0 cm³/mol. The van der Waals surface area contributed by atoms with Crippen LogP contribution < -0.4 is 15.8 Å². The van der Waals surface area contributed by atoms with E-state index in [1.165, 1.54) is 12.1 Å². The molecule has 4 N–H and O–H groups in total. The number of sulfonamides is 1. The Bertz CT molecular complexity index is 825. The lowest BCUT2D eigenvalue weighted by atomic mass is 10.2. The molecule has 0 aliphatic rings. The van der Waals surface area contributed by atoms with Crippen LogP contribution in [0.15, 0.2) is 53.4 Å². The van der Waals surface area contributed by atoms with Crippen LogP contribution in [-0.2, 0) is 16.6 Å². The number of hydrogen-bond donors (Lipinski definition) is 2. The Morgan fingerprint density at radius 3 is 2.33 bits per heavy atom. The van der Waals surface area contributed by atoms with E-state index in [0.717, 1.165) is 11.6 Å². The van der Waals surface area contributed by atoms with Gasteiger partial charge in [0.25, 0.3) is 5.69 Å². The van der Waals surface area contributed by atoms with Crippen LogP contribution in [0.1, 0.15) is 5.56 Å². The van der Waals surface area contributed by atoms with Gasteiger partial charge in [-0.15, -0.1) is 0 Å². The lowest BCUT2D eigenvalue weighted by molar-refractivity contribution is -0.384. The van der Waals surface area contributed by atoms with Gasteiger partial charge in [0.2, 0.25) is 10.0 Å². The van der Waals surface area contributed by atoms with E-state index in [1.54, 1.807) is 4.90 Å². The van der Waals surface area contributed by atoms with Crippen molar-refractivity contribution in [2.24, 2.45) is 10.9 Å². The fraction of sp³-hybridized carbons (Fsp3) is 0.200. The molecule has 0 atom stereocenters. The molecule has 0 spiro atoms. The van der Waals surface area contributed by atoms with E-state index in [-0.39, 0.29) is 10.6 Å². The van der Waals surface area contributed by atoms with Gasteiger partial charge in [-0.1, -0.05) is 30.3 Å². The molecule has 0 unspecified atom stereocenters. The third kappa shape index (κ3) is 4.28. The second-order valence-corrected chi connectivity index (χ2v) is 6.71. The first kappa shape index (κ1) is 17.9. The summed E-state index contributed by atoms with van der Waals surface area (Å²) < 4.78 is 22.9. The van der Waals surface area contributed by atoms with Gasteiger partial charge in [0.05, 0.1) is 9.82 Å². The molecule has 0 saturated carbocycles. The molecule has 0 bridgehead atoms. The molecule has 0 heterocycles. The zero-order valence-corrected chi connectivity index (χ0v) is 13.6. The molecular formula is C15H18N4O4S. The van der Waals surface area contributed by atoms with Gasteiger partial charge in [-0.05, 0) is 17.7 Å². The molecule has 2 rings (SSSR count). The van der Waals surface area contributed by atoms with Crippen molar-refractivity contribution in [2.45, 2.75) is 11.4 Å². The van der Waals surface area contributed by atoms with Crippen molar-refractivity contribution in [3.05, 3.63) is 64.2 Å². The number of nitro groups is 1. The van der Waals surface area contributed by atoms with Gasteiger partial charge in [-0.25, -0.2) is 13.6 Å². The van der Waals surface area contributed by atoms with Crippen LogP contribution in [0.25, 0.3) is 0 Å². The summed E-state index contributed by atoms with van der Waals surface area (Å²) in [7, 11) is -4.02. The maximum absolute atomic E-state index is 11.4. The third-order valence-electron chi connectivity index (χ3n) is 3.43. The summed E-state index contributed by atoms with van der Waals surface area (Å²) in [6.07, 6.45) is 0. The molecule has 0 fully saturated rings. The van der Waals surface area contributed by atoms with Crippen LogP contribution in [0.3, 0.4) is 0 Å². The molecule has 0 saturated heterocycles. The molecule has 0 aliphatic heterocycles. The van der Waals surface area contributed by atoms with E-state index in [0.29, 0.717) is 25.3 Å². The van der Waals surface area contributed by atoms with E-state index in [1.807, 2.05) is 30.3 Å². The summed E-state index contributed by atoms with van der Waals surface area (Å²) in [4.78, 5) is 12.2. The number of nitrogens with zero attached hydrogens (tertiary/aromatic N) is 2. The van der Waals surface area contributed by atoms with Gasteiger partial charge in [-0.2, -0.15) is 0 Å². The molecule has 8 nitrogen and oxygen atoms in total. The molecule has 0 radical (unpaired) electrons. The van der Waals surface area contributed by atoms with Crippen LogP contribution in [0.2, 0.25) is 0 Å². The van der Waals surface area contributed by atoms with E-state index >= 15 is 0 Å². The summed E-state index contributed by atoms with van der Waals surface area (Å²) >= 11 is 0. The molecule has 24 heavy (non-hydrogen) atoms. The molecule has 2 aromatic carbocycles. The SMILES string of the molecule is NCCN(Cc1ccccc1)c1ccc(S(N)(=O)=O)cc1[N+](=O)[O-]. The maximum atomic E-state index is 11.4. The number of hydrogen-bond acceptors (Lipinski definition) is 6. The van der Waals surface area contributed by atoms with Crippen LogP contribution in [-0.4, -0.2) is 26.4 Å². The zero-order chi connectivity index (χ0) is 17.7. The van der Waals surface area contributed by atoms with Crippen molar-refractivity contribution in [1.29, 1.82) is 0 Å². The van der Waals surface area contributed by atoms with Gasteiger partial charge in [0, 0.05) is 25.7 Å². The Morgan fingerprint density at radius 1 is 1.12 bits per heavy atom. The highest BCUT2D eigenvalue weighted by Crippen LogP contribution is 2.31. The molecule has 0 aromatic heterocycles. The quantitative estimate of drug-likeness (QED) is 0.569. The number of anilines is 1. The van der Waals surface area contributed by atoms with Gasteiger partial charge < -0.3 is 10.6 Å². The summed E-state index contributed by atoms with van der Waals surface area (Å²) in [5.74, 6) is 0. The van der Waals surface area contributed by atoms with E-state index in [9.17, 15) is 18.5 Å². The Labute approximate surface area is 139 Å². The molecule has 9 heteroatoms. The number of nitro benzene ring substituents is 1. The first-order valence-electron chi connectivity index (χ1n) is 7.13. The summed E-state index contributed by atoms with van der Waals surface area (Å²) in [5, 5.41) is 16.4. The molecule has 0 aliphatic carbocycles. The van der Waals surface area contributed by atoms with Gasteiger partial charge in [0.1, 0.15) is 5.69 Å². The number of rotatable bonds is 7. The summed E-state index contributed by atoms with van der Waals surface area (Å²) in [5.41, 5.74) is 6.54. The fourth-order valence-electron chi connectivity index (χ4n) is 2.34. The number of nitrogens with two attached hydrogens (primary N) is 2. The van der Waals surface area contributed by atoms with Crippen LogP contribution in [0, 0.1) is 10.1 Å². The van der Waals surface area contributed by atoms with Crippen molar-refractivity contribution in [3.63, 3.8) is 0 Å². The minimum absolute atomic E-state index is 0.293. The van der Waals surface area contributed by atoms with Crippen LogP contribution in [0.5, 0.6) is 0 Å². The van der Waals surface area contributed by atoms with E-state index in [4.69, 9.17) is 10.9 Å². The fourth-order valence-corrected chi connectivity index (χ4v) is 2.87. The number of primary sulfonamides is 1. The van der Waals surface area contributed by atoms with Crippen molar-refractivity contribution in [3.8, 4) is 0 Å². The second-order valence-electron chi connectivity index (χ2n) is 5.15.